The maximum absolute atomic E-state index is 13.0. The number of carboxylic acid groups (broad SMARTS) is 1. The molecule has 2 N–H and O–H groups in total. The average molecular weight is 320 g/mol. The molecule has 0 aliphatic carbocycles. The van der Waals surface area contributed by atoms with E-state index in [0.29, 0.717) is 17.0 Å². The van der Waals surface area contributed by atoms with Crippen molar-refractivity contribution in [2.45, 2.75) is 32.7 Å². The zero-order chi connectivity index (χ0) is 17.2. The Bertz CT molecular complexity index is 720. The van der Waals surface area contributed by atoms with Crippen LogP contribution in [0, 0.1) is 19.7 Å². The average Bonchev–Trinajstić information content (AvgIpc) is 2.79. The first-order valence-electron chi connectivity index (χ1n) is 6.96. The van der Waals surface area contributed by atoms with Crippen LogP contribution in [-0.2, 0) is 21.5 Å². The molecule has 2 rings (SSSR count). The molecule has 1 unspecified atom stereocenters. The number of nitrogens with one attached hydrogen (secondary N) is 1. The van der Waals surface area contributed by atoms with E-state index >= 15 is 0 Å². The highest BCUT2D eigenvalue weighted by atomic mass is 19.1. The number of rotatable bonds is 5. The summed E-state index contributed by atoms with van der Waals surface area (Å²) in [6, 6.07) is 4.97. The monoisotopic (exact) mass is 320 g/mol. The highest BCUT2D eigenvalue weighted by Gasteiger charge is 2.37. The maximum Gasteiger partial charge on any atom is 0.333 e. The molecule has 7 heteroatoms. The summed E-state index contributed by atoms with van der Waals surface area (Å²) >= 11 is 0. The number of amides is 1. The van der Waals surface area contributed by atoms with E-state index in [-0.39, 0.29) is 12.0 Å². The van der Waals surface area contributed by atoms with Crippen molar-refractivity contribution < 1.29 is 23.6 Å². The molecule has 0 bridgehead atoms. The molecule has 0 fully saturated rings. The minimum atomic E-state index is -1.66. The lowest BCUT2D eigenvalue weighted by atomic mass is 9.91. The molecule has 6 nitrogen and oxygen atoms in total. The van der Waals surface area contributed by atoms with Crippen LogP contribution in [0.1, 0.15) is 29.5 Å². The van der Waals surface area contributed by atoms with Gasteiger partial charge < -0.3 is 14.9 Å². The van der Waals surface area contributed by atoms with Crippen LogP contribution in [0.25, 0.3) is 0 Å². The molecule has 0 aliphatic heterocycles. The number of aromatic nitrogens is 1. The Morgan fingerprint density at radius 2 is 1.91 bits per heavy atom. The van der Waals surface area contributed by atoms with Crippen LogP contribution in [-0.4, -0.2) is 22.1 Å². The lowest BCUT2D eigenvalue weighted by Crippen LogP contribution is -2.50. The largest absolute Gasteiger partial charge is 0.479 e. The topological polar surface area (TPSA) is 92.4 Å². The predicted octanol–water partition coefficient (Wildman–Crippen LogP) is 2.09. The van der Waals surface area contributed by atoms with Gasteiger partial charge in [0.2, 0.25) is 5.91 Å². The summed E-state index contributed by atoms with van der Waals surface area (Å²) in [7, 11) is 0. The van der Waals surface area contributed by atoms with Gasteiger partial charge in [0.05, 0.1) is 12.1 Å². The van der Waals surface area contributed by atoms with Gasteiger partial charge in [0.15, 0.2) is 5.54 Å². The summed E-state index contributed by atoms with van der Waals surface area (Å²) in [4.78, 5) is 23.9. The quantitative estimate of drug-likeness (QED) is 0.880. The fraction of sp³-hybridized carbons (Fsp3) is 0.312. The zero-order valence-electron chi connectivity index (χ0n) is 13.0. The standard InChI is InChI=1S/C16H17FN2O4/c1-9-13(10(2)23-19-9)8-14(20)18-16(3,15(21)22)11-4-6-12(17)7-5-11/h4-7H,8H2,1-3H3,(H,18,20)(H,21,22). The molecule has 1 atom stereocenters. The molecule has 0 radical (unpaired) electrons. The van der Waals surface area contributed by atoms with E-state index in [1.165, 1.54) is 19.1 Å². The van der Waals surface area contributed by atoms with E-state index in [9.17, 15) is 19.1 Å². The highest BCUT2D eigenvalue weighted by Crippen LogP contribution is 2.22. The van der Waals surface area contributed by atoms with Gasteiger partial charge in [-0.25, -0.2) is 9.18 Å². The Hall–Kier alpha value is -2.70. The number of aryl methyl sites for hydroxylation is 2. The van der Waals surface area contributed by atoms with Crippen LogP contribution in [0.5, 0.6) is 0 Å². The minimum Gasteiger partial charge on any atom is -0.479 e. The van der Waals surface area contributed by atoms with Crippen molar-refractivity contribution in [1.29, 1.82) is 0 Å². The molecular weight excluding hydrogens is 303 g/mol. The Morgan fingerprint density at radius 3 is 2.39 bits per heavy atom. The second-order valence-corrected chi connectivity index (χ2v) is 5.46. The lowest BCUT2D eigenvalue weighted by molar-refractivity contribution is -0.147. The Morgan fingerprint density at radius 1 is 1.30 bits per heavy atom. The molecule has 0 saturated heterocycles. The Kier molecular flexibility index (Phi) is 4.49. The minimum absolute atomic E-state index is 0.0504. The van der Waals surface area contributed by atoms with Crippen LogP contribution in [0.2, 0.25) is 0 Å². The first-order chi connectivity index (χ1) is 10.7. The number of nitrogens with zero attached hydrogens (tertiary/aromatic N) is 1. The number of aliphatic carboxylic acids is 1. The first kappa shape index (κ1) is 16.7. The smallest absolute Gasteiger partial charge is 0.333 e. The predicted molar refractivity (Wildman–Crippen MR) is 79.2 cm³/mol. The zero-order valence-corrected chi connectivity index (χ0v) is 13.0. The number of carbonyl (C=O) groups excluding carboxylic acids is 1. The summed E-state index contributed by atoms with van der Waals surface area (Å²) in [6.45, 7) is 4.74. The van der Waals surface area contributed by atoms with Crippen LogP contribution >= 0.6 is 0 Å². The summed E-state index contributed by atoms with van der Waals surface area (Å²) in [5, 5.41) is 15.7. The number of benzene rings is 1. The molecule has 1 aromatic heterocycles. The van der Waals surface area contributed by atoms with Crippen molar-refractivity contribution in [2.24, 2.45) is 0 Å². The van der Waals surface area contributed by atoms with E-state index in [1.807, 2.05) is 0 Å². The van der Waals surface area contributed by atoms with E-state index in [0.717, 1.165) is 12.1 Å². The van der Waals surface area contributed by atoms with E-state index in [2.05, 4.69) is 10.5 Å². The van der Waals surface area contributed by atoms with Gasteiger partial charge >= 0.3 is 5.97 Å². The third-order valence-electron chi connectivity index (χ3n) is 3.76. The summed E-state index contributed by atoms with van der Waals surface area (Å²) in [6.07, 6.45) is -0.0504. The first-order valence-corrected chi connectivity index (χ1v) is 6.96. The third-order valence-corrected chi connectivity index (χ3v) is 3.76. The van der Waals surface area contributed by atoms with Crippen molar-refractivity contribution in [3.63, 3.8) is 0 Å². The fourth-order valence-corrected chi connectivity index (χ4v) is 2.27. The lowest BCUT2D eigenvalue weighted by Gasteiger charge is -2.26. The molecule has 1 aromatic carbocycles. The fourth-order valence-electron chi connectivity index (χ4n) is 2.27. The molecule has 0 aliphatic rings. The molecule has 1 amide bonds. The van der Waals surface area contributed by atoms with Gasteiger partial charge in [-0.15, -0.1) is 0 Å². The van der Waals surface area contributed by atoms with Gasteiger partial charge in [-0.05, 0) is 38.5 Å². The summed E-state index contributed by atoms with van der Waals surface area (Å²) in [5.74, 6) is -1.70. The van der Waals surface area contributed by atoms with E-state index in [4.69, 9.17) is 4.52 Å². The number of carboxylic acids is 1. The van der Waals surface area contributed by atoms with Gasteiger partial charge in [-0.1, -0.05) is 17.3 Å². The highest BCUT2D eigenvalue weighted by molar-refractivity contribution is 5.88. The number of hydrogen-bond acceptors (Lipinski definition) is 4. The van der Waals surface area contributed by atoms with Crippen LogP contribution in [0.3, 0.4) is 0 Å². The van der Waals surface area contributed by atoms with Crippen molar-refractivity contribution in [3.8, 4) is 0 Å². The van der Waals surface area contributed by atoms with Crippen LogP contribution in [0.15, 0.2) is 28.8 Å². The van der Waals surface area contributed by atoms with Crippen LogP contribution < -0.4 is 5.32 Å². The third kappa shape index (κ3) is 3.39. The number of halogens is 1. The molecule has 0 saturated carbocycles. The second kappa shape index (κ2) is 6.20. The Labute approximate surface area is 132 Å². The van der Waals surface area contributed by atoms with Crippen molar-refractivity contribution in [1.82, 2.24) is 10.5 Å². The molecular formula is C16H17FN2O4. The molecule has 23 heavy (non-hydrogen) atoms. The molecule has 0 spiro atoms. The normalized spacial score (nSPS) is 13.4. The van der Waals surface area contributed by atoms with E-state index in [1.54, 1.807) is 13.8 Å². The van der Waals surface area contributed by atoms with Gasteiger partial charge in [-0.2, -0.15) is 0 Å². The van der Waals surface area contributed by atoms with E-state index < -0.39 is 23.2 Å². The molecule has 2 aromatic rings. The maximum atomic E-state index is 13.0. The van der Waals surface area contributed by atoms with Gasteiger partial charge in [0.1, 0.15) is 11.6 Å². The van der Waals surface area contributed by atoms with Crippen molar-refractivity contribution in [2.75, 3.05) is 0 Å². The van der Waals surface area contributed by atoms with Gasteiger partial charge in [-0.3, -0.25) is 4.79 Å². The second-order valence-electron chi connectivity index (χ2n) is 5.46. The SMILES string of the molecule is Cc1noc(C)c1CC(=O)NC(C)(C(=O)O)c1ccc(F)cc1. The molecule has 122 valence electrons. The number of carbonyl (C=O) groups is 2. The van der Waals surface area contributed by atoms with Crippen molar-refractivity contribution >= 4 is 11.9 Å². The molecule has 1 heterocycles. The van der Waals surface area contributed by atoms with Crippen LogP contribution in [0.4, 0.5) is 4.39 Å². The Balaban J connectivity index is 2.24. The number of hydrogen-bond donors (Lipinski definition) is 2. The summed E-state index contributed by atoms with van der Waals surface area (Å²) in [5.41, 5.74) is -0.187. The van der Waals surface area contributed by atoms with Gasteiger partial charge in [0, 0.05) is 5.56 Å². The van der Waals surface area contributed by atoms with Crippen molar-refractivity contribution in [3.05, 3.63) is 52.7 Å². The van der Waals surface area contributed by atoms with Gasteiger partial charge in [0.25, 0.3) is 0 Å². The summed E-state index contributed by atoms with van der Waals surface area (Å²) < 4.78 is 18.0.